The summed E-state index contributed by atoms with van der Waals surface area (Å²) in [6, 6.07) is 13.8. The first-order valence-electron chi connectivity index (χ1n) is 11.8. The zero-order valence-electron chi connectivity index (χ0n) is 20.5. The Kier molecular flexibility index (Phi) is 13.1. The molecular weight excluding hydrogens is 473 g/mol. The summed E-state index contributed by atoms with van der Waals surface area (Å²) >= 11 is 0. The molecule has 35 heavy (non-hydrogen) atoms. The fraction of sp³-hybridized carbons (Fsp3) is 0.520. The highest BCUT2D eigenvalue weighted by Gasteiger charge is 2.24. The summed E-state index contributed by atoms with van der Waals surface area (Å²) in [5.74, 6) is -0.522. The third-order valence-electron chi connectivity index (χ3n) is 4.89. The highest BCUT2D eigenvalue weighted by molar-refractivity contribution is 7.47. The highest BCUT2D eigenvalue weighted by Crippen LogP contribution is 2.43. The maximum absolute atomic E-state index is 12.4. The first-order chi connectivity index (χ1) is 16.7. The van der Waals surface area contributed by atoms with Gasteiger partial charge in [0, 0.05) is 31.3 Å². The van der Waals surface area contributed by atoms with Crippen LogP contribution in [0.2, 0.25) is 0 Å². The van der Waals surface area contributed by atoms with Crippen LogP contribution in [0.4, 0.5) is 0 Å². The van der Waals surface area contributed by atoms with Gasteiger partial charge in [0.25, 0.3) is 0 Å². The van der Waals surface area contributed by atoms with Crippen LogP contribution in [-0.4, -0.2) is 55.1 Å². The zero-order chi connectivity index (χ0) is 25.5. The van der Waals surface area contributed by atoms with E-state index >= 15 is 0 Å². The van der Waals surface area contributed by atoms with Crippen molar-refractivity contribution in [2.75, 3.05) is 33.0 Å². The van der Waals surface area contributed by atoms with Crippen molar-refractivity contribution >= 4 is 13.8 Å². The molecule has 0 amide bonds. The van der Waals surface area contributed by atoms with Gasteiger partial charge >= 0.3 is 13.8 Å². The molecule has 10 heteroatoms. The Hall–Kier alpha value is -2.13. The fourth-order valence-electron chi connectivity index (χ4n) is 3.15. The number of carboxylic acids is 1. The number of carbonyl (C=O) groups is 1. The quantitative estimate of drug-likeness (QED) is 0.175. The molecular formula is C25H37NO8P+. The molecule has 194 valence electrons. The van der Waals surface area contributed by atoms with Crippen molar-refractivity contribution in [2.45, 2.75) is 45.8 Å². The lowest BCUT2D eigenvalue weighted by atomic mass is 10.1. The van der Waals surface area contributed by atoms with Crippen LogP contribution in [-0.2, 0) is 34.4 Å². The molecule has 1 aromatic heterocycles. The van der Waals surface area contributed by atoms with Crippen LogP contribution < -0.4 is 4.57 Å². The molecule has 2 atom stereocenters. The Bertz CT molecular complexity index is 925. The van der Waals surface area contributed by atoms with Gasteiger partial charge in [0.1, 0.15) is 12.7 Å². The molecule has 0 aliphatic carbocycles. The van der Waals surface area contributed by atoms with E-state index < -0.39 is 19.9 Å². The lowest BCUT2D eigenvalue weighted by Crippen LogP contribution is -2.35. The minimum Gasteiger partial charge on any atom is -0.481 e. The molecule has 0 saturated heterocycles. The van der Waals surface area contributed by atoms with E-state index in [1.54, 1.807) is 0 Å². The predicted octanol–water partition coefficient (Wildman–Crippen LogP) is 4.09. The van der Waals surface area contributed by atoms with Gasteiger partial charge < -0.3 is 19.5 Å². The lowest BCUT2D eigenvalue weighted by Gasteiger charge is -2.20. The minimum atomic E-state index is -4.29. The van der Waals surface area contributed by atoms with Crippen LogP contribution >= 0.6 is 7.82 Å². The Morgan fingerprint density at radius 3 is 2.43 bits per heavy atom. The molecule has 0 aliphatic heterocycles. The van der Waals surface area contributed by atoms with E-state index in [2.05, 4.69) is 0 Å². The van der Waals surface area contributed by atoms with Crippen molar-refractivity contribution in [3.8, 4) is 11.1 Å². The van der Waals surface area contributed by atoms with E-state index in [1.807, 2.05) is 73.3 Å². The number of unbranched alkanes of at least 4 members (excludes halogenated alkanes) is 1. The van der Waals surface area contributed by atoms with Crippen LogP contribution in [0.1, 0.15) is 33.1 Å². The molecule has 0 aliphatic rings. The van der Waals surface area contributed by atoms with Gasteiger partial charge in [0.2, 0.25) is 0 Å². The van der Waals surface area contributed by atoms with Crippen LogP contribution in [0, 0.1) is 5.92 Å². The molecule has 0 fully saturated rings. The largest absolute Gasteiger partial charge is 0.481 e. The van der Waals surface area contributed by atoms with Gasteiger partial charge in [0.15, 0.2) is 18.9 Å². The molecule has 0 radical (unpaired) electrons. The summed E-state index contributed by atoms with van der Waals surface area (Å²) in [5.41, 5.74) is 2.11. The van der Waals surface area contributed by atoms with Crippen molar-refractivity contribution in [2.24, 2.45) is 5.92 Å². The smallest absolute Gasteiger partial charge is 0.472 e. The lowest BCUT2D eigenvalue weighted by molar-refractivity contribution is -0.697. The van der Waals surface area contributed by atoms with Gasteiger partial charge in [-0.25, -0.2) is 9.13 Å². The van der Waals surface area contributed by atoms with E-state index in [4.69, 9.17) is 23.6 Å². The zero-order valence-corrected chi connectivity index (χ0v) is 21.3. The maximum atomic E-state index is 12.4. The average Bonchev–Trinajstić information content (AvgIpc) is 2.82. The third kappa shape index (κ3) is 12.9. The van der Waals surface area contributed by atoms with Gasteiger partial charge in [-0.05, 0) is 30.4 Å². The molecule has 2 aromatic rings. The van der Waals surface area contributed by atoms with Gasteiger partial charge in [-0.15, -0.1) is 0 Å². The van der Waals surface area contributed by atoms with Crippen molar-refractivity contribution in [3.63, 3.8) is 0 Å². The third-order valence-corrected chi connectivity index (χ3v) is 5.87. The molecule has 1 aromatic carbocycles. The number of nitrogens with zero attached hydrogens (tertiary/aromatic N) is 1. The summed E-state index contributed by atoms with van der Waals surface area (Å²) in [7, 11) is -4.29. The summed E-state index contributed by atoms with van der Waals surface area (Å²) in [4.78, 5) is 20.7. The topological polar surface area (TPSA) is 115 Å². The summed E-state index contributed by atoms with van der Waals surface area (Å²) in [6.45, 7) is 5.23. The number of rotatable bonds is 18. The Morgan fingerprint density at radius 1 is 0.971 bits per heavy atom. The summed E-state index contributed by atoms with van der Waals surface area (Å²) in [5, 5.41) is 8.72. The van der Waals surface area contributed by atoms with E-state index in [0.29, 0.717) is 38.5 Å². The number of aromatic nitrogens is 1. The molecule has 1 heterocycles. The number of hydrogen-bond acceptors (Lipinski definition) is 6. The van der Waals surface area contributed by atoms with E-state index in [0.717, 1.165) is 11.1 Å². The second-order valence-electron chi connectivity index (χ2n) is 8.57. The predicted molar refractivity (Wildman–Crippen MR) is 131 cm³/mol. The average molecular weight is 511 g/mol. The Morgan fingerprint density at radius 2 is 1.71 bits per heavy atom. The molecule has 9 nitrogen and oxygen atoms in total. The normalized spacial score (nSPS) is 14.1. The first kappa shape index (κ1) is 29.1. The molecule has 0 saturated carbocycles. The first-order valence-corrected chi connectivity index (χ1v) is 13.3. The number of ether oxygens (including phenoxy) is 2. The molecule has 2 N–H and O–H groups in total. The van der Waals surface area contributed by atoms with Crippen LogP contribution in [0.5, 0.6) is 0 Å². The molecule has 2 rings (SSSR count). The number of benzene rings is 1. The fourth-order valence-corrected chi connectivity index (χ4v) is 3.89. The molecule has 2 unspecified atom stereocenters. The SMILES string of the molecule is CC(C)COCC(COP(=O)(O)OCC[n+]1cccc(-c2ccccc2)c1)OCCCCC(=O)O. The van der Waals surface area contributed by atoms with Crippen LogP contribution in [0.15, 0.2) is 54.9 Å². The van der Waals surface area contributed by atoms with E-state index in [9.17, 15) is 14.3 Å². The molecule has 0 bridgehead atoms. The molecule has 0 spiro atoms. The van der Waals surface area contributed by atoms with Gasteiger partial charge in [0.05, 0.1) is 13.2 Å². The monoisotopic (exact) mass is 510 g/mol. The van der Waals surface area contributed by atoms with Crippen molar-refractivity contribution in [1.82, 2.24) is 0 Å². The number of aliphatic carboxylic acids is 1. The second-order valence-corrected chi connectivity index (χ2v) is 10.0. The number of phosphoric ester groups is 1. The Balaban J connectivity index is 1.79. The second kappa shape index (κ2) is 15.8. The number of hydrogen-bond donors (Lipinski definition) is 2. The van der Waals surface area contributed by atoms with Crippen LogP contribution in [0.25, 0.3) is 11.1 Å². The highest BCUT2D eigenvalue weighted by atomic mass is 31.2. The standard InChI is InChI=1S/C25H36NO8P/c1-21(2)18-31-19-24(32-15-7-6-12-25(27)28)20-34-35(29,30)33-16-14-26-13-8-11-23(17-26)22-9-4-3-5-10-22/h3-5,8-11,13,17,21,24H,6-7,12,14-16,18-20H2,1-2H3,(H-,27,28,29,30)/p+1. The minimum absolute atomic E-state index is 0.0126. The summed E-state index contributed by atoms with van der Waals surface area (Å²) in [6.07, 6.45) is 4.35. The number of carboxylic acid groups (broad SMARTS) is 1. The van der Waals surface area contributed by atoms with Crippen molar-refractivity contribution in [1.29, 1.82) is 0 Å². The van der Waals surface area contributed by atoms with Gasteiger partial charge in [-0.3, -0.25) is 13.8 Å². The van der Waals surface area contributed by atoms with Gasteiger partial charge in [-0.2, -0.15) is 0 Å². The van der Waals surface area contributed by atoms with Crippen LogP contribution in [0.3, 0.4) is 0 Å². The summed E-state index contributed by atoms with van der Waals surface area (Å²) < 4.78 is 35.8. The van der Waals surface area contributed by atoms with Crippen molar-refractivity contribution < 1.29 is 42.4 Å². The van der Waals surface area contributed by atoms with Crippen molar-refractivity contribution in [3.05, 3.63) is 54.9 Å². The Labute approximate surface area is 207 Å². The van der Waals surface area contributed by atoms with E-state index in [1.165, 1.54) is 0 Å². The number of pyridine rings is 1. The van der Waals surface area contributed by atoms with E-state index in [-0.39, 0.29) is 26.2 Å². The van der Waals surface area contributed by atoms with Gasteiger partial charge in [-0.1, -0.05) is 44.2 Å². The number of phosphoric acid groups is 1. The maximum Gasteiger partial charge on any atom is 0.472 e.